The lowest BCUT2D eigenvalue weighted by molar-refractivity contribution is -0.117. The van der Waals surface area contributed by atoms with Crippen LogP contribution in [0.2, 0.25) is 0 Å². The van der Waals surface area contributed by atoms with Gasteiger partial charge in [0.05, 0.1) is 5.92 Å². The largest absolute Gasteiger partial charge is 0.326 e. The predicted molar refractivity (Wildman–Crippen MR) is 101 cm³/mol. The number of anilines is 1. The van der Waals surface area contributed by atoms with Gasteiger partial charge in [0, 0.05) is 9.26 Å². The van der Waals surface area contributed by atoms with E-state index in [0.717, 1.165) is 21.2 Å². The summed E-state index contributed by atoms with van der Waals surface area (Å²) in [6, 6.07) is 16.2. The minimum Gasteiger partial charge on any atom is -0.326 e. The third kappa shape index (κ3) is 4.83. The van der Waals surface area contributed by atoms with Crippen LogP contribution in [0.1, 0.15) is 37.8 Å². The third-order valence-electron chi connectivity index (χ3n) is 3.63. The average molecular weight is 407 g/mol. The van der Waals surface area contributed by atoms with Gasteiger partial charge in [-0.15, -0.1) is 0 Å². The molecule has 0 saturated heterocycles. The number of nitrogens with one attached hydrogen (secondary N) is 1. The maximum Gasteiger partial charge on any atom is 0.231 e. The quantitative estimate of drug-likeness (QED) is 0.676. The zero-order valence-electron chi connectivity index (χ0n) is 13.3. The standard InChI is InChI=1S/C19H22INO/c1-13(2)12-15-4-6-16(7-5-15)14(3)19(22)21-18-10-8-17(20)9-11-18/h4-11,13-14H,12H2,1-3H3,(H,21,22)/t14-/m0/s1. The molecule has 0 saturated carbocycles. The van der Waals surface area contributed by atoms with Crippen molar-refractivity contribution in [2.75, 3.05) is 5.32 Å². The lowest BCUT2D eigenvalue weighted by Gasteiger charge is -2.14. The molecule has 0 aliphatic rings. The fourth-order valence-corrected chi connectivity index (χ4v) is 2.71. The first kappa shape index (κ1) is 17.0. The van der Waals surface area contributed by atoms with Crippen molar-refractivity contribution in [1.82, 2.24) is 0 Å². The van der Waals surface area contributed by atoms with Crippen LogP contribution in [-0.2, 0) is 11.2 Å². The highest BCUT2D eigenvalue weighted by Crippen LogP contribution is 2.20. The third-order valence-corrected chi connectivity index (χ3v) is 4.35. The molecular weight excluding hydrogens is 385 g/mol. The first-order chi connectivity index (χ1) is 10.5. The maximum absolute atomic E-state index is 12.3. The first-order valence-electron chi connectivity index (χ1n) is 7.61. The summed E-state index contributed by atoms with van der Waals surface area (Å²) in [5, 5.41) is 2.97. The average Bonchev–Trinajstić information content (AvgIpc) is 2.49. The summed E-state index contributed by atoms with van der Waals surface area (Å²) in [4.78, 5) is 12.3. The van der Waals surface area contributed by atoms with Crippen molar-refractivity contribution in [1.29, 1.82) is 0 Å². The van der Waals surface area contributed by atoms with E-state index >= 15 is 0 Å². The van der Waals surface area contributed by atoms with Crippen LogP contribution >= 0.6 is 22.6 Å². The van der Waals surface area contributed by atoms with Crippen molar-refractivity contribution in [2.24, 2.45) is 5.92 Å². The fraction of sp³-hybridized carbons (Fsp3) is 0.316. The van der Waals surface area contributed by atoms with E-state index in [9.17, 15) is 4.79 Å². The molecule has 116 valence electrons. The van der Waals surface area contributed by atoms with Crippen LogP contribution in [0.4, 0.5) is 5.69 Å². The Kier molecular flexibility index (Phi) is 6.00. The number of halogens is 1. The van der Waals surface area contributed by atoms with Gasteiger partial charge in [-0.05, 0) is 77.2 Å². The van der Waals surface area contributed by atoms with Gasteiger partial charge in [0.25, 0.3) is 0 Å². The Balaban J connectivity index is 2.02. The lowest BCUT2D eigenvalue weighted by atomic mass is 9.96. The SMILES string of the molecule is CC(C)Cc1ccc([C@H](C)C(=O)Nc2ccc(I)cc2)cc1. The highest BCUT2D eigenvalue weighted by atomic mass is 127. The number of carbonyl (C=O) groups excluding carboxylic acids is 1. The smallest absolute Gasteiger partial charge is 0.231 e. The van der Waals surface area contributed by atoms with Gasteiger partial charge in [-0.25, -0.2) is 0 Å². The lowest BCUT2D eigenvalue weighted by Crippen LogP contribution is -2.18. The fourth-order valence-electron chi connectivity index (χ4n) is 2.35. The van der Waals surface area contributed by atoms with Crippen molar-refractivity contribution in [3.8, 4) is 0 Å². The maximum atomic E-state index is 12.3. The summed E-state index contributed by atoms with van der Waals surface area (Å²) in [6.45, 7) is 6.37. The molecule has 0 aliphatic carbocycles. The molecule has 0 unspecified atom stereocenters. The number of hydrogen-bond acceptors (Lipinski definition) is 1. The van der Waals surface area contributed by atoms with E-state index in [0.29, 0.717) is 5.92 Å². The van der Waals surface area contributed by atoms with Crippen LogP contribution in [0, 0.1) is 9.49 Å². The molecule has 22 heavy (non-hydrogen) atoms. The van der Waals surface area contributed by atoms with Crippen LogP contribution in [-0.4, -0.2) is 5.91 Å². The molecule has 2 nitrogen and oxygen atoms in total. The van der Waals surface area contributed by atoms with Crippen LogP contribution < -0.4 is 5.32 Å². The van der Waals surface area contributed by atoms with E-state index in [2.05, 4.69) is 66.0 Å². The molecule has 1 atom stereocenters. The molecule has 2 rings (SSSR count). The van der Waals surface area contributed by atoms with E-state index in [4.69, 9.17) is 0 Å². The van der Waals surface area contributed by atoms with Crippen LogP contribution in [0.3, 0.4) is 0 Å². The van der Waals surface area contributed by atoms with E-state index in [1.54, 1.807) is 0 Å². The number of amides is 1. The molecule has 2 aromatic rings. The highest BCUT2D eigenvalue weighted by Gasteiger charge is 2.15. The Labute approximate surface area is 146 Å². The first-order valence-corrected chi connectivity index (χ1v) is 8.69. The zero-order chi connectivity index (χ0) is 16.1. The molecule has 1 N–H and O–H groups in total. The Hall–Kier alpha value is -1.36. The second-order valence-corrected chi connectivity index (χ2v) is 7.30. The molecule has 1 amide bonds. The molecule has 0 aliphatic heterocycles. The van der Waals surface area contributed by atoms with Gasteiger partial charge in [0.15, 0.2) is 0 Å². The predicted octanol–water partition coefficient (Wildman–Crippen LogP) is 5.23. The monoisotopic (exact) mass is 407 g/mol. The highest BCUT2D eigenvalue weighted by molar-refractivity contribution is 14.1. The molecule has 2 aromatic carbocycles. The Morgan fingerprint density at radius 1 is 1.00 bits per heavy atom. The number of rotatable bonds is 5. The second kappa shape index (κ2) is 7.77. The summed E-state index contributed by atoms with van der Waals surface area (Å²) in [5.74, 6) is 0.512. The molecule has 0 radical (unpaired) electrons. The molecule has 0 bridgehead atoms. The van der Waals surface area contributed by atoms with Gasteiger partial charge >= 0.3 is 0 Å². The molecule has 0 aromatic heterocycles. The summed E-state index contributed by atoms with van der Waals surface area (Å²) >= 11 is 2.25. The summed E-state index contributed by atoms with van der Waals surface area (Å²) in [6.07, 6.45) is 1.07. The molecular formula is C19H22INO. The van der Waals surface area contributed by atoms with Crippen molar-refractivity contribution in [3.05, 3.63) is 63.2 Å². The van der Waals surface area contributed by atoms with Crippen molar-refractivity contribution >= 4 is 34.2 Å². The zero-order valence-corrected chi connectivity index (χ0v) is 15.4. The summed E-state index contributed by atoms with van der Waals surface area (Å²) < 4.78 is 1.16. The van der Waals surface area contributed by atoms with Crippen molar-refractivity contribution in [3.63, 3.8) is 0 Å². The van der Waals surface area contributed by atoms with Crippen LogP contribution in [0.25, 0.3) is 0 Å². The van der Waals surface area contributed by atoms with Gasteiger partial charge in [-0.1, -0.05) is 38.1 Å². The molecule has 0 heterocycles. The topological polar surface area (TPSA) is 29.1 Å². The van der Waals surface area contributed by atoms with Gasteiger partial charge in [-0.2, -0.15) is 0 Å². The van der Waals surface area contributed by atoms with E-state index in [1.807, 2.05) is 31.2 Å². The van der Waals surface area contributed by atoms with Gasteiger partial charge in [0.2, 0.25) is 5.91 Å². The number of hydrogen-bond donors (Lipinski definition) is 1. The van der Waals surface area contributed by atoms with Crippen molar-refractivity contribution in [2.45, 2.75) is 33.1 Å². The normalized spacial score (nSPS) is 12.2. The summed E-state index contributed by atoms with van der Waals surface area (Å²) in [5.41, 5.74) is 3.22. The number of carbonyl (C=O) groups is 1. The Morgan fingerprint density at radius 2 is 1.59 bits per heavy atom. The van der Waals surface area contributed by atoms with E-state index in [1.165, 1.54) is 5.56 Å². The minimum atomic E-state index is -0.160. The van der Waals surface area contributed by atoms with Gasteiger partial charge < -0.3 is 5.32 Å². The minimum absolute atomic E-state index is 0.0258. The van der Waals surface area contributed by atoms with E-state index < -0.39 is 0 Å². The molecule has 0 spiro atoms. The van der Waals surface area contributed by atoms with Crippen LogP contribution in [0.5, 0.6) is 0 Å². The second-order valence-electron chi connectivity index (χ2n) is 6.06. The van der Waals surface area contributed by atoms with E-state index in [-0.39, 0.29) is 11.8 Å². The van der Waals surface area contributed by atoms with Crippen molar-refractivity contribution < 1.29 is 4.79 Å². The Morgan fingerprint density at radius 3 is 2.14 bits per heavy atom. The van der Waals surface area contributed by atoms with Gasteiger partial charge in [0.1, 0.15) is 0 Å². The molecule has 0 fully saturated rings. The van der Waals surface area contributed by atoms with Gasteiger partial charge in [-0.3, -0.25) is 4.79 Å². The molecule has 3 heteroatoms. The summed E-state index contributed by atoms with van der Waals surface area (Å²) in [7, 11) is 0. The van der Waals surface area contributed by atoms with Crippen LogP contribution in [0.15, 0.2) is 48.5 Å². The number of benzene rings is 2. The Bertz CT molecular complexity index is 617.